The number of rotatable bonds is 1. The molecule has 1 atom stereocenters. The summed E-state index contributed by atoms with van der Waals surface area (Å²) < 4.78 is 13.0. The van der Waals surface area contributed by atoms with Gasteiger partial charge in [-0.3, -0.25) is 10.2 Å². The molecule has 0 amide bonds. The Balaban J connectivity index is 1.98. The molecule has 2 nitrogen and oxygen atoms in total. The number of nitrogens with zero attached hydrogens (tertiary/aromatic N) is 1. The molecular formula is C13H17FN2. The van der Waals surface area contributed by atoms with Crippen LogP contribution >= 0.6 is 0 Å². The molecular weight excluding hydrogens is 203 g/mol. The van der Waals surface area contributed by atoms with Gasteiger partial charge in [0.05, 0.1) is 5.66 Å². The Morgan fingerprint density at radius 3 is 2.69 bits per heavy atom. The third-order valence-electron chi connectivity index (χ3n) is 3.85. The molecule has 2 aliphatic heterocycles. The first-order chi connectivity index (χ1) is 7.81. The summed E-state index contributed by atoms with van der Waals surface area (Å²) in [4.78, 5) is 2.50. The summed E-state index contributed by atoms with van der Waals surface area (Å²) in [7, 11) is 0. The number of halogens is 1. The lowest BCUT2D eigenvalue weighted by atomic mass is 9.94. The van der Waals surface area contributed by atoms with Crippen molar-refractivity contribution in [2.45, 2.75) is 24.9 Å². The average Bonchev–Trinajstić information content (AvgIpc) is 2.74. The van der Waals surface area contributed by atoms with E-state index in [9.17, 15) is 4.39 Å². The molecule has 3 heteroatoms. The van der Waals surface area contributed by atoms with Gasteiger partial charge in [0.1, 0.15) is 5.82 Å². The number of benzene rings is 1. The Morgan fingerprint density at radius 1 is 1.12 bits per heavy atom. The lowest BCUT2D eigenvalue weighted by molar-refractivity contribution is 0.0656. The highest BCUT2D eigenvalue weighted by Crippen LogP contribution is 2.38. The molecule has 3 rings (SSSR count). The molecule has 2 aliphatic rings. The topological polar surface area (TPSA) is 15.3 Å². The highest BCUT2D eigenvalue weighted by molar-refractivity contribution is 5.26. The normalized spacial score (nSPS) is 30.3. The number of fused-ring (bicyclic) bond motifs is 1. The first-order valence-corrected chi connectivity index (χ1v) is 6.07. The maximum atomic E-state index is 13.0. The van der Waals surface area contributed by atoms with E-state index in [1.54, 1.807) is 12.1 Å². The summed E-state index contributed by atoms with van der Waals surface area (Å²) in [5.41, 5.74) is 1.21. The Morgan fingerprint density at radius 2 is 1.88 bits per heavy atom. The number of hydrogen-bond donors (Lipinski definition) is 1. The predicted molar refractivity (Wildman–Crippen MR) is 61.5 cm³/mol. The zero-order valence-electron chi connectivity index (χ0n) is 9.38. The molecule has 0 unspecified atom stereocenters. The standard InChI is InChI=1S/C13H17FN2/c14-12-5-3-11(4-6-12)13-7-1-9-16(13)10-2-8-15-13/h3-6,15H,1-2,7-10H2/t13-/m0/s1. The molecule has 2 heterocycles. The van der Waals surface area contributed by atoms with Crippen LogP contribution in [0.1, 0.15) is 24.8 Å². The van der Waals surface area contributed by atoms with Crippen molar-refractivity contribution in [1.29, 1.82) is 0 Å². The lowest BCUT2D eigenvalue weighted by Gasteiger charge is -2.43. The van der Waals surface area contributed by atoms with E-state index in [1.807, 2.05) is 12.1 Å². The van der Waals surface area contributed by atoms with Gasteiger partial charge in [-0.15, -0.1) is 0 Å². The molecule has 0 aromatic heterocycles. The van der Waals surface area contributed by atoms with Crippen molar-refractivity contribution in [1.82, 2.24) is 10.2 Å². The van der Waals surface area contributed by atoms with Crippen LogP contribution in [0.15, 0.2) is 24.3 Å². The summed E-state index contributed by atoms with van der Waals surface area (Å²) in [5.74, 6) is -0.152. The van der Waals surface area contributed by atoms with Crippen LogP contribution in [0.3, 0.4) is 0 Å². The molecule has 1 N–H and O–H groups in total. The van der Waals surface area contributed by atoms with Crippen molar-refractivity contribution in [3.05, 3.63) is 35.6 Å². The van der Waals surface area contributed by atoms with E-state index in [1.165, 1.54) is 18.4 Å². The summed E-state index contributed by atoms with van der Waals surface area (Å²) in [6.07, 6.45) is 3.58. The highest BCUT2D eigenvalue weighted by atomic mass is 19.1. The van der Waals surface area contributed by atoms with Crippen LogP contribution in [-0.2, 0) is 5.66 Å². The van der Waals surface area contributed by atoms with Gasteiger partial charge in [0.15, 0.2) is 0 Å². The van der Waals surface area contributed by atoms with Crippen LogP contribution < -0.4 is 5.32 Å². The molecule has 0 saturated carbocycles. The highest BCUT2D eigenvalue weighted by Gasteiger charge is 2.43. The van der Waals surface area contributed by atoms with E-state index in [0.717, 1.165) is 26.1 Å². The SMILES string of the molecule is Fc1ccc([C@]23CCCN2CCCN3)cc1. The zero-order chi connectivity index (χ0) is 11.0. The monoisotopic (exact) mass is 220 g/mol. The van der Waals surface area contributed by atoms with Crippen LogP contribution in [0.5, 0.6) is 0 Å². The molecule has 0 radical (unpaired) electrons. The summed E-state index contributed by atoms with van der Waals surface area (Å²) in [6, 6.07) is 6.98. The summed E-state index contributed by atoms with van der Waals surface area (Å²) >= 11 is 0. The Kier molecular flexibility index (Phi) is 2.45. The fourth-order valence-corrected chi connectivity index (χ4v) is 3.10. The lowest BCUT2D eigenvalue weighted by Crippen LogP contribution is -2.56. The molecule has 2 fully saturated rings. The molecule has 1 aromatic rings. The van der Waals surface area contributed by atoms with Crippen LogP contribution in [-0.4, -0.2) is 24.5 Å². The molecule has 1 aromatic carbocycles. The van der Waals surface area contributed by atoms with Crippen LogP contribution in [0, 0.1) is 5.82 Å². The molecule has 0 bridgehead atoms. The predicted octanol–water partition coefficient (Wildman–Crippen LogP) is 2.07. The van der Waals surface area contributed by atoms with E-state index in [4.69, 9.17) is 0 Å². The van der Waals surface area contributed by atoms with E-state index in [0.29, 0.717) is 0 Å². The van der Waals surface area contributed by atoms with Gasteiger partial charge in [0, 0.05) is 13.1 Å². The third kappa shape index (κ3) is 1.46. The number of nitrogens with one attached hydrogen (secondary N) is 1. The minimum absolute atomic E-state index is 0.00799. The second kappa shape index (κ2) is 3.82. The number of hydrogen-bond acceptors (Lipinski definition) is 2. The summed E-state index contributed by atoms with van der Waals surface area (Å²) in [5, 5.41) is 3.63. The fourth-order valence-electron chi connectivity index (χ4n) is 3.10. The van der Waals surface area contributed by atoms with E-state index in [2.05, 4.69) is 10.2 Å². The van der Waals surface area contributed by atoms with Crippen LogP contribution in [0.2, 0.25) is 0 Å². The molecule has 0 spiro atoms. The second-order valence-corrected chi connectivity index (χ2v) is 4.74. The van der Waals surface area contributed by atoms with E-state index in [-0.39, 0.29) is 11.5 Å². The molecule has 86 valence electrons. The Bertz CT molecular complexity index is 376. The molecule has 2 saturated heterocycles. The maximum absolute atomic E-state index is 13.0. The summed E-state index contributed by atoms with van der Waals surface area (Å²) in [6.45, 7) is 3.38. The maximum Gasteiger partial charge on any atom is 0.123 e. The van der Waals surface area contributed by atoms with Gasteiger partial charge < -0.3 is 0 Å². The Labute approximate surface area is 95.4 Å². The minimum atomic E-state index is -0.152. The van der Waals surface area contributed by atoms with Crippen molar-refractivity contribution >= 4 is 0 Å². The molecule has 16 heavy (non-hydrogen) atoms. The van der Waals surface area contributed by atoms with Crippen molar-refractivity contribution in [2.24, 2.45) is 0 Å². The van der Waals surface area contributed by atoms with E-state index >= 15 is 0 Å². The fraction of sp³-hybridized carbons (Fsp3) is 0.538. The average molecular weight is 220 g/mol. The van der Waals surface area contributed by atoms with Crippen LogP contribution in [0.4, 0.5) is 4.39 Å². The first kappa shape index (κ1) is 10.2. The minimum Gasteiger partial charge on any atom is -0.295 e. The van der Waals surface area contributed by atoms with Crippen molar-refractivity contribution in [3.63, 3.8) is 0 Å². The van der Waals surface area contributed by atoms with Crippen molar-refractivity contribution in [2.75, 3.05) is 19.6 Å². The van der Waals surface area contributed by atoms with Gasteiger partial charge >= 0.3 is 0 Å². The Hall–Kier alpha value is -0.930. The largest absolute Gasteiger partial charge is 0.295 e. The second-order valence-electron chi connectivity index (χ2n) is 4.74. The van der Waals surface area contributed by atoms with Gasteiger partial charge in [-0.05, 0) is 43.5 Å². The van der Waals surface area contributed by atoms with Gasteiger partial charge in [-0.1, -0.05) is 12.1 Å². The zero-order valence-corrected chi connectivity index (χ0v) is 9.38. The van der Waals surface area contributed by atoms with Gasteiger partial charge in [-0.2, -0.15) is 0 Å². The quantitative estimate of drug-likeness (QED) is 0.779. The smallest absolute Gasteiger partial charge is 0.123 e. The van der Waals surface area contributed by atoms with Crippen molar-refractivity contribution < 1.29 is 4.39 Å². The van der Waals surface area contributed by atoms with Crippen LogP contribution in [0.25, 0.3) is 0 Å². The van der Waals surface area contributed by atoms with Crippen molar-refractivity contribution in [3.8, 4) is 0 Å². The van der Waals surface area contributed by atoms with Gasteiger partial charge in [0.2, 0.25) is 0 Å². The van der Waals surface area contributed by atoms with Gasteiger partial charge in [-0.25, -0.2) is 4.39 Å². The molecule has 0 aliphatic carbocycles. The first-order valence-electron chi connectivity index (χ1n) is 6.07. The third-order valence-corrected chi connectivity index (χ3v) is 3.85. The van der Waals surface area contributed by atoms with Gasteiger partial charge in [0.25, 0.3) is 0 Å². The van der Waals surface area contributed by atoms with E-state index < -0.39 is 0 Å².